The summed E-state index contributed by atoms with van der Waals surface area (Å²) in [6, 6.07) is 0. The Morgan fingerprint density at radius 2 is 0.645 bits per heavy atom. The van der Waals surface area contributed by atoms with Crippen LogP contribution < -0.4 is 0 Å². The van der Waals surface area contributed by atoms with E-state index in [9.17, 15) is 14.4 Å². The molecule has 0 saturated heterocycles. The van der Waals surface area contributed by atoms with Gasteiger partial charge >= 0.3 is 17.9 Å². The van der Waals surface area contributed by atoms with Crippen molar-refractivity contribution in [1.29, 1.82) is 0 Å². The van der Waals surface area contributed by atoms with Crippen LogP contribution in [0.2, 0.25) is 0 Å². The molecule has 0 rings (SSSR count). The molecule has 0 aromatic carbocycles. The Morgan fingerprint density at radius 3 is 1.05 bits per heavy atom. The molecule has 0 bridgehead atoms. The Kier molecular flexibility index (Phi) is 47.9. The Hall–Kier alpha value is -3.15. The zero-order valence-corrected chi connectivity index (χ0v) is 40.6. The van der Waals surface area contributed by atoms with Gasteiger partial charge in [0, 0.05) is 19.3 Å². The van der Waals surface area contributed by atoms with E-state index in [0.29, 0.717) is 19.3 Å². The number of allylic oxidation sites excluding steroid dienone is 12. The van der Waals surface area contributed by atoms with Crippen molar-refractivity contribution in [3.8, 4) is 0 Å². The second kappa shape index (κ2) is 50.5. The Labute approximate surface area is 382 Å². The summed E-state index contributed by atoms with van der Waals surface area (Å²) in [6.45, 7) is 6.45. The number of ether oxygens (including phenoxy) is 3. The van der Waals surface area contributed by atoms with Crippen LogP contribution in [0.4, 0.5) is 0 Å². The smallest absolute Gasteiger partial charge is 0.306 e. The lowest BCUT2D eigenvalue weighted by atomic mass is 10.1. The molecule has 62 heavy (non-hydrogen) atoms. The van der Waals surface area contributed by atoms with E-state index in [0.717, 1.165) is 116 Å². The van der Waals surface area contributed by atoms with Gasteiger partial charge in [-0.05, 0) is 89.9 Å². The van der Waals surface area contributed by atoms with E-state index in [1.165, 1.54) is 89.9 Å². The van der Waals surface area contributed by atoms with E-state index in [2.05, 4.69) is 93.7 Å². The van der Waals surface area contributed by atoms with Crippen molar-refractivity contribution in [2.75, 3.05) is 13.2 Å². The van der Waals surface area contributed by atoms with E-state index in [1.807, 2.05) is 0 Å². The highest BCUT2D eigenvalue weighted by molar-refractivity contribution is 5.71. The van der Waals surface area contributed by atoms with Crippen LogP contribution in [-0.4, -0.2) is 37.2 Å². The van der Waals surface area contributed by atoms with Gasteiger partial charge in [-0.3, -0.25) is 14.4 Å². The standard InChI is InChI=1S/C56H96O6/c1-4-7-10-13-16-19-22-25-26-27-28-29-32-34-37-40-43-46-49-55(58)61-52-53(62-56(59)50-47-44-41-38-35-31-24-21-18-15-12-9-6-3)51-60-54(57)48-45-42-39-36-33-30-23-20-17-14-11-8-5-2/h9,12,15,18,21,24,26-30,33,53H,4-8,10-11,13-14,16-17,19-20,22-23,25,31-32,34-52H2,1-3H3/b12-9-,18-15-,24-21-,27-26-,29-28-,33-30-. The lowest BCUT2D eigenvalue weighted by Gasteiger charge is -2.18. The number of rotatable bonds is 46. The van der Waals surface area contributed by atoms with Crippen molar-refractivity contribution in [1.82, 2.24) is 0 Å². The first-order valence-corrected chi connectivity index (χ1v) is 26.0. The Morgan fingerprint density at radius 1 is 0.339 bits per heavy atom. The van der Waals surface area contributed by atoms with E-state index >= 15 is 0 Å². The topological polar surface area (TPSA) is 78.9 Å². The van der Waals surface area contributed by atoms with Crippen LogP contribution in [0.5, 0.6) is 0 Å². The maximum absolute atomic E-state index is 12.8. The highest BCUT2D eigenvalue weighted by Gasteiger charge is 2.19. The average Bonchev–Trinajstić information content (AvgIpc) is 3.27. The second-order valence-corrected chi connectivity index (χ2v) is 17.1. The minimum atomic E-state index is -0.797. The van der Waals surface area contributed by atoms with E-state index in [4.69, 9.17) is 14.2 Å². The lowest BCUT2D eigenvalue weighted by Crippen LogP contribution is -2.30. The van der Waals surface area contributed by atoms with Crippen LogP contribution in [0, 0.1) is 0 Å². The molecule has 356 valence electrons. The summed E-state index contributed by atoms with van der Waals surface area (Å²) in [5.41, 5.74) is 0. The van der Waals surface area contributed by atoms with Crippen LogP contribution in [-0.2, 0) is 28.6 Å². The molecule has 6 nitrogen and oxygen atoms in total. The third-order valence-corrected chi connectivity index (χ3v) is 11.0. The molecule has 0 radical (unpaired) electrons. The van der Waals surface area contributed by atoms with Crippen molar-refractivity contribution in [3.05, 3.63) is 72.9 Å². The Balaban J connectivity index is 4.43. The molecular weight excluding hydrogens is 769 g/mol. The molecule has 0 aromatic heterocycles. The van der Waals surface area contributed by atoms with Gasteiger partial charge in [0.25, 0.3) is 0 Å². The molecule has 6 heteroatoms. The van der Waals surface area contributed by atoms with Gasteiger partial charge in [0.2, 0.25) is 0 Å². The molecule has 0 aliphatic heterocycles. The molecular formula is C56H96O6. The summed E-state index contributed by atoms with van der Waals surface area (Å²) in [4.78, 5) is 37.9. The summed E-state index contributed by atoms with van der Waals surface area (Å²) in [5, 5.41) is 0. The van der Waals surface area contributed by atoms with Crippen LogP contribution in [0.3, 0.4) is 0 Å². The van der Waals surface area contributed by atoms with Gasteiger partial charge in [-0.1, -0.05) is 209 Å². The van der Waals surface area contributed by atoms with E-state index in [1.54, 1.807) is 0 Å². The number of hydrogen-bond acceptors (Lipinski definition) is 6. The lowest BCUT2D eigenvalue weighted by molar-refractivity contribution is -0.167. The minimum Gasteiger partial charge on any atom is -0.462 e. The quantitative estimate of drug-likeness (QED) is 0.0199. The van der Waals surface area contributed by atoms with Gasteiger partial charge in [-0.2, -0.15) is 0 Å². The summed E-state index contributed by atoms with van der Waals surface area (Å²) in [6.07, 6.45) is 63.1. The van der Waals surface area contributed by atoms with Gasteiger partial charge in [0.05, 0.1) is 0 Å². The van der Waals surface area contributed by atoms with Crippen molar-refractivity contribution >= 4 is 17.9 Å². The molecule has 0 aliphatic rings. The highest BCUT2D eigenvalue weighted by Crippen LogP contribution is 2.14. The molecule has 0 heterocycles. The van der Waals surface area contributed by atoms with Crippen LogP contribution in [0.25, 0.3) is 0 Å². The van der Waals surface area contributed by atoms with Gasteiger partial charge in [-0.15, -0.1) is 0 Å². The number of esters is 3. The molecule has 0 aliphatic carbocycles. The predicted octanol–water partition coefficient (Wildman–Crippen LogP) is 17.0. The largest absolute Gasteiger partial charge is 0.462 e. The molecule has 0 aromatic rings. The summed E-state index contributed by atoms with van der Waals surface area (Å²) < 4.78 is 16.7. The van der Waals surface area contributed by atoms with Crippen LogP contribution >= 0.6 is 0 Å². The van der Waals surface area contributed by atoms with E-state index in [-0.39, 0.29) is 31.1 Å². The first kappa shape index (κ1) is 58.9. The molecule has 0 amide bonds. The maximum atomic E-state index is 12.8. The minimum absolute atomic E-state index is 0.0969. The third kappa shape index (κ3) is 47.9. The molecule has 0 fully saturated rings. The van der Waals surface area contributed by atoms with Crippen molar-refractivity contribution < 1.29 is 28.6 Å². The monoisotopic (exact) mass is 865 g/mol. The van der Waals surface area contributed by atoms with Crippen LogP contribution in [0.15, 0.2) is 72.9 Å². The fraction of sp³-hybridized carbons (Fsp3) is 0.732. The average molecular weight is 865 g/mol. The molecule has 0 N–H and O–H groups in total. The number of unbranched alkanes of at least 4 members (excludes halogenated alkanes) is 26. The fourth-order valence-corrected chi connectivity index (χ4v) is 7.07. The van der Waals surface area contributed by atoms with Crippen LogP contribution in [0.1, 0.15) is 245 Å². The number of hydrogen-bond donors (Lipinski definition) is 0. The van der Waals surface area contributed by atoms with Gasteiger partial charge < -0.3 is 14.2 Å². The summed E-state index contributed by atoms with van der Waals surface area (Å²) >= 11 is 0. The molecule has 1 unspecified atom stereocenters. The third-order valence-electron chi connectivity index (χ3n) is 11.0. The molecule has 0 spiro atoms. The zero-order valence-electron chi connectivity index (χ0n) is 40.6. The van der Waals surface area contributed by atoms with Crippen molar-refractivity contribution in [3.63, 3.8) is 0 Å². The first-order valence-electron chi connectivity index (χ1n) is 26.0. The van der Waals surface area contributed by atoms with Gasteiger partial charge in [0.15, 0.2) is 6.10 Å². The highest BCUT2D eigenvalue weighted by atomic mass is 16.6. The predicted molar refractivity (Wildman–Crippen MR) is 265 cm³/mol. The summed E-state index contributed by atoms with van der Waals surface area (Å²) in [5.74, 6) is -0.947. The maximum Gasteiger partial charge on any atom is 0.306 e. The van der Waals surface area contributed by atoms with E-state index < -0.39 is 6.10 Å². The zero-order chi connectivity index (χ0) is 45.1. The molecule has 0 saturated carbocycles. The SMILES string of the molecule is CC\C=C/C=C\C=C/CCCCCCCC(=O)OC(COC(=O)CCCCC/C=C\CCCCCCCC)COC(=O)CCCCCCC/C=C\C=C/CCCCCCCCC. The van der Waals surface area contributed by atoms with Gasteiger partial charge in [0.1, 0.15) is 13.2 Å². The summed E-state index contributed by atoms with van der Waals surface area (Å²) in [7, 11) is 0. The molecule has 1 atom stereocenters. The normalized spacial score (nSPS) is 12.6. The number of carbonyl (C=O) groups is 3. The fourth-order valence-electron chi connectivity index (χ4n) is 7.07. The first-order chi connectivity index (χ1) is 30.5. The van der Waals surface area contributed by atoms with Gasteiger partial charge in [-0.25, -0.2) is 0 Å². The Bertz CT molecular complexity index is 1180. The van der Waals surface area contributed by atoms with Crippen molar-refractivity contribution in [2.24, 2.45) is 0 Å². The van der Waals surface area contributed by atoms with Crippen molar-refractivity contribution in [2.45, 2.75) is 252 Å². The second-order valence-electron chi connectivity index (χ2n) is 17.1. The number of carbonyl (C=O) groups excluding carboxylic acids is 3.